The van der Waals surface area contributed by atoms with E-state index in [2.05, 4.69) is 17.1 Å². The summed E-state index contributed by atoms with van der Waals surface area (Å²) in [6.07, 6.45) is 0. The van der Waals surface area contributed by atoms with E-state index in [0.717, 1.165) is 27.5 Å². The third kappa shape index (κ3) is 5.75. The first kappa shape index (κ1) is 25.8. The second kappa shape index (κ2) is 11.2. The third-order valence-electron chi connectivity index (χ3n) is 6.01. The van der Waals surface area contributed by atoms with Crippen LogP contribution in [0.3, 0.4) is 0 Å². The first-order chi connectivity index (χ1) is 17.8. The number of nitrogens with one attached hydrogen (secondary N) is 1. The average Bonchev–Trinajstić information content (AvgIpc) is 3.46. The normalized spacial score (nSPS) is 10.7. The molecule has 0 atom stereocenters. The molecular weight excluding hydrogens is 464 g/mol. The van der Waals surface area contributed by atoms with E-state index in [1.54, 1.807) is 6.92 Å². The zero-order valence-corrected chi connectivity index (χ0v) is 21.9. The van der Waals surface area contributed by atoms with E-state index in [4.69, 9.17) is 9.47 Å². The van der Waals surface area contributed by atoms with Gasteiger partial charge >= 0.3 is 11.9 Å². The Morgan fingerprint density at radius 2 is 1.30 bits per heavy atom. The molecule has 6 nitrogen and oxygen atoms in total. The fourth-order valence-corrected chi connectivity index (χ4v) is 4.23. The fourth-order valence-electron chi connectivity index (χ4n) is 4.23. The van der Waals surface area contributed by atoms with E-state index in [0.29, 0.717) is 24.6 Å². The Morgan fingerprint density at radius 1 is 0.703 bits per heavy atom. The van der Waals surface area contributed by atoms with Crippen molar-refractivity contribution in [3.8, 4) is 5.69 Å². The fraction of sp³-hybridized carbons (Fsp3) is 0.226. The standard InChI is InChI=1S/C19H19NO2.C12H13NO2/c1-4-22-19(21)18-12-15-11-14(3)7-10-17(15)20(18)16-8-5-13(2)6-9-16;1-3-15-12(14)11-7-9-6-8(2)4-5-10(9)13-11/h5-12H,4H2,1-3H3;4-7,13H,3H2,1-2H3. The highest BCUT2D eigenvalue weighted by molar-refractivity contribution is 5.97. The maximum atomic E-state index is 12.3. The molecule has 190 valence electrons. The number of carbonyl (C=O) groups is 2. The Bertz CT molecular complexity index is 1560. The molecule has 0 aliphatic carbocycles. The summed E-state index contributed by atoms with van der Waals surface area (Å²) in [5, 5.41) is 2.08. The van der Waals surface area contributed by atoms with Crippen molar-refractivity contribution in [2.24, 2.45) is 0 Å². The largest absolute Gasteiger partial charge is 0.461 e. The van der Waals surface area contributed by atoms with Gasteiger partial charge in [-0.2, -0.15) is 0 Å². The Kier molecular flexibility index (Phi) is 7.77. The molecule has 0 saturated heterocycles. The van der Waals surface area contributed by atoms with Gasteiger partial charge in [-0.3, -0.25) is 0 Å². The number of ether oxygens (including phenoxy) is 2. The van der Waals surface area contributed by atoms with Gasteiger partial charge in [-0.05, 0) is 83.1 Å². The van der Waals surface area contributed by atoms with Crippen LogP contribution in [0.5, 0.6) is 0 Å². The number of esters is 2. The summed E-state index contributed by atoms with van der Waals surface area (Å²) in [6, 6.07) is 24.1. The number of hydrogen-bond donors (Lipinski definition) is 1. The number of nitrogens with zero attached hydrogens (tertiary/aromatic N) is 1. The van der Waals surface area contributed by atoms with Crippen molar-refractivity contribution < 1.29 is 19.1 Å². The molecule has 0 amide bonds. The number of aromatic nitrogens is 2. The lowest BCUT2D eigenvalue weighted by atomic mass is 10.2. The van der Waals surface area contributed by atoms with Crippen LogP contribution in [0, 0.1) is 20.8 Å². The zero-order valence-electron chi connectivity index (χ0n) is 21.9. The third-order valence-corrected chi connectivity index (χ3v) is 6.01. The lowest BCUT2D eigenvalue weighted by Crippen LogP contribution is -2.10. The first-order valence-corrected chi connectivity index (χ1v) is 12.4. The minimum atomic E-state index is -0.300. The molecule has 0 unspecified atom stereocenters. The summed E-state index contributed by atoms with van der Waals surface area (Å²) >= 11 is 0. The topological polar surface area (TPSA) is 73.3 Å². The van der Waals surface area contributed by atoms with Gasteiger partial charge in [-0.1, -0.05) is 41.0 Å². The van der Waals surface area contributed by atoms with Gasteiger partial charge in [-0.15, -0.1) is 0 Å². The van der Waals surface area contributed by atoms with Crippen molar-refractivity contribution in [1.29, 1.82) is 0 Å². The van der Waals surface area contributed by atoms with Crippen LogP contribution in [-0.2, 0) is 9.47 Å². The van der Waals surface area contributed by atoms with E-state index >= 15 is 0 Å². The Balaban J connectivity index is 0.000000186. The zero-order chi connectivity index (χ0) is 26.5. The molecule has 37 heavy (non-hydrogen) atoms. The van der Waals surface area contributed by atoms with Crippen LogP contribution in [-0.4, -0.2) is 34.7 Å². The molecule has 1 N–H and O–H groups in total. The second-order valence-electron chi connectivity index (χ2n) is 8.98. The summed E-state index contributed by atoms with van der Waals surface area (Å²) in [7, 11) is 0. The lowest BCUT2D eigenvalue weighted by molar-refractivity contribution is 0.0509. The van der Waals surface area contributed by atoms with Gasteiger partial charge in [-0.25, -0.2) is 9.59 Å². The van der Waals surface area contributed by atoms with Crippen molar-refractivity contribution in [2.45, 2.75) is 34.6 Å². The van der Waals surface area contributed by atoms with Gasteiger partial charge < -0.3 is 19.0 Å². The molecule has 2 aromatic heterocycles. The molecule has 2 heterocycles. The Hall–Kier alpha value is -4.32. The monoisotopic (exact) mass is 496 g/mol. The molecule has 0 radical (unpaired) electrons. The van der Waals surface area contributed by atoms with Crippen molar-refractivity contribution in [2.75, 3.05) is 13.2 Å². The minimum absolute atomic E-state index is 0.295. The van der Waals surface area contributed by atoms with Crippen LogP contribution in [0.4, 0.5) is 0 Å². The maximum Gasteiger partial charge on any atom is 0.355 e. The molecular formula is C31H32N2O4. The summed E-state index contributed by atoms with van der Waals surface area (Å²) in [5.74, 6) is -0.594. The quantitative estimate of drug-likeness (QED) is 0.264. The number of carbonyl (C=O) groups excluding carboxylic acids is 2. The van der Waals surface area contributed by atoms with Gasteiger partial charge in [0.05, 0.1) is 18.7 Å². The summed E-state index contributed by atoms with van der Waals surface area (Å²) in [4.78, 5) is 26.8. The van der Waals surface area contributed by atoms with Gasteiger partial charge in [0.25, 0.3) is 0 Å². The maximum absolute atomic E-state index is 12.3. The molecule has 3 aromatic carbocycles. The minimum Gasteiger partial charge on any atom is -0.461 e. The van der Waals surface area contributed by atoms with E-state index < -0.39 is 0 Å². The number of H-pyrrole nitrogens is 1. The SMILES string of the molecule is CCOC(=O)c1cc2cc(C)ccc2[nH]1.CCOC(=O)c1cc2cc(C)ccc2n1-c1ccc(C)cc1. The highest BCUT2D eigenvalue weighted by Crippen LogP contribution is 2.26. The van der Waals surface area contributed by atoms with Gasteiger partial charge in [0.15, 0.2) is 0 Å². The first-order valence-electron chi connectivity index (χ1n) is 12.4. The van der Waals surface area contributed by atoms with Crippen molar-refractivity contribution in [3.05, 3.63) is 101 Å². The molecule has 6 heteroatoms. The summed E-state index contributed by atoms with van der Waals surface area (Å²) < 4.78 is 12.1. The van der Waals surface area contributed by atoms with Gasteiger partial charge in [0, 0.05) is 22.0 Å². The molecule has 0 aliphatic rings. The van der Waals surface area contributed by atoms with Crippen LogP contribution in [0.25, 0.3) is 27.5 Å². The Labute approximate surface area is 216 Å². The number of rotatable bonds is 5. The number of fused-ring (bicyclic) bond motifs is 2. The van der Waals surface area contributed by atoms with Crippen LogP contribution < -0.4 is 0 Å². The van der Waals surface area contributed by atoms with Crippen LogP contribution in [0.15, 0.2) is 72.8 Å². The van der Waals surface area contributed by atoms with Crippen molar-refractivity contribution in [3.63, 3.8) is 0 Å². The summed E-state index contributed by atoms with van der Waals surface area (Å²) in [5.41, 5.74) is 7.55. The molecule has 5 rings (SSSR count). The molecule has 0 fully saturated rings. The van der Waals surface area contributed by atoms with Gasteiger partial charge in [0.2, 0.25) is 0 Å². The van der Waals surface area contributed by atoms with E-state index in [9.17, 15) is 9.59 Å². The highest BCUT2D eigenvalue weighted by Gasteiger charge is 2.18. The molecule has 5 aromatic rings. The van der Waals surface area contributed by atoms with Crippen molar-refractivity contribution >= 4 is 33.7 Å². The van der Waals surface area contributed by atoms with E-state index in [1.807, 2.05) is 92.9 Å². The second-order valence-corrected chi connectivity index (χ2v) is 8.98. The number of hydrogen-bond acceptors (Lipinski definition) is 4. The van der Waals surface area contributed by atoms with E-state index in [1.165, 1.54) is 16.7 Å². The summed E-state index contributed by atoms with van der Waals surface area (Å²) in [6.45, 7) is 10.5. The lowest BCUT2D eigenvalue weighted by Gasteiger charge is -2.10. The van der Waals surface area contributed by atoms with Gasteiger partial charge in [0.1, 0.15) is 11.4 Å². The van der Waals surface area contributed by atoms with Crippen molar-refractivity contribution in [1.82, 2.24) is 9.55 Å². The predicted octanol–water partition coefficient (Wildman–Crippen LogP) is 7.08. The highest BCUT2D eigenvalue weighted by atomic mass is 16.5. The molecule has 0 aliphatic heterocycles. The average molecular weight is 497 g/mol. The molecule has 0 spiro atoms. The molecule has 0 saturated carbocycles. The van der Waals surface area contributed by atoms with Crippen LogP contribution in [0.1, 0.15) is 51.5 Å². The van der Waals surface area contributed by atoms with Crippen LogP contribution in [0.2, 0.25) is 0 Å². The smallest absolute Gasteiger partial charge is 0.355 e. The number of benzene rings is 3. The molecule has 0 bridgehead atoms. The number of aromatic amines is 1. The van der Waals surface area contributed by atoms with Crippen LogP contribution >= 0.6 is 0 Å². The Morgan fingerprint density at radius 3 is 1.97 bits per heavy atom. The number of aryl methyl sites for hydroxylation is 3. The predicted molar refractivity (Wildman–Crippen MR) is 148 cm³/mol. The van der Waals surface area contributed by atoms with E-state index in [-0.39, 0.29) is 11.9 Å².